The van der Waals surface area contributed by atoms with Crippen molar-refractivity contribution in [2.75, 3.05) is 32.1 Å². The fourth-order valence-corrected chi connectivity index (χ4v) is 3.55. The molecule has 0 unspecified atom stereocenters. The van der Waals surface area contributed by atoms with Crippen LogP contribution in [0.25, 0.3) is 0 Å². The Hall–Kier alpha value is -2.05. The zero-order valence-corrected chi connectivity index (χ0v) is 16.0. The van der Waals surface area contributed by atoms with Crippen molar-refractivity contribution in [3.8, 4) is 0 Å². The Balaban J connectivity index is 1.71. The first-order valence-corrected chi connectivity index (χ1v) is 9.27. The smallest absolute Gasteiger partial charge is 0.323 e. The standard InChI is InChI=1S/C19H25ClN4O2/c1-14-10-21-24(12-16-7-3-4-8-17(16)20)18(14)22-19(25)23-9-5-6-15(11-23)13-26-2/h3-4,7-8,10,15H,5-6,9,11-13H2,1-2H3,(H,22,25)/t15-/m1/s1. The summed E-state index contributed by atoms with van der Waals surface area (Å²) < 4.78 is 7.03. The largest absolute Gasteiger partial charge is 0.384 e. The Morgan fingerprint density at radius 1 is 1.42 bits per heavy atom. The number of benzene rings is 1. The van der Waals surface area contributed by atoms with Crippen LogP contribution in [0.1, 0.15) is 24.0 Å². The molecule has 1 saturated heterocycles. The summed E-state index contributed by atoms with van der Waals surface area (Å²) in [6.07, 6.45) is 3.86. The first-order valence-electron chi connectivity index (χ1n) is 8.89. The molecule has 1 fully saturated rings. The summed E-state index contributed by atoms with van der Waals surface area (Å²) in [7, 11) is 1.70. The lowest BCUT2D eigenvalue weighted by atomic mass is 9.99. The summed E-state index contributed by atoms with van der Waals surface area (Å²) in [5.41, 5.74) is 1.89. The molecule has 2 heterocycles. The van der Waals surface area contributed by atoms with Gasteiger partial charge >= 0.3 is 6.03 Å². The Morgan fingerprint density at radius 2 is 2.23 bits per heavy atom. The maximum absolute atomic E-state index is 12.7. The van der Waals surface area contributed by atoms with Gasteiger partial charge in [-0.1, -0.05) is 29.8 Å². The molecule has 2 amide bonds. The van der Waals surface area contributed by atoms with E-state index in [4.69, 9.17) is 16.3 Å². The molecular weight excluding hydrogens is 352 g/mol. The number of nitrogens with one attached hydrogen (secondary N) is 1. The van der Waals surface area contributed by atoms with Gasteiger partial charge in [0.05, 0.1) is 19.3 Å². The minimum atomic E-state index is -0.0881. The summed E-state index contributed by atoms with van der Waals surface area (Å²) in [5.74, 6) is 1.11. The van der Waals surface area contributed by atoms with Gasteiger partial charge < -0.3 is 9.64 Å². The lowest BCUT2D eigenvalue weighted by molar-refractivity contribution is 0.104. The number of hydrogen-bond acceptors (Lipinski definition) is 3. The predicted octanol–water partition coefficient (Wildman–Crippen LogP) is 3.78. The molecule has 0 aliphatic carbocycles. The Labute approximate surface area is 159 Å². The molecule has 3 rings (SSSR count). The van der Waals surface area contributed by atoms with Crippen LogP contribution >= 0.6 is 11.6 Å². The Kier molecular flexibility index (Phi) is 6.16. The van der Waals surface area contributed by atoms with Crippen molar-refractivity contribution in [3.05, 3.63) is 46.6 Å². The number of hydrogen-bond donors (Lipinski definition) is 1. The summed E-state index contributed by atoms with van der Waals surface area (Å²) >= 11 is 6.26. The molecule has 1 aromatic carbocycles. The molecule has 6 nitrogen and oxygen atoms in total. The number of urea groups is 1. The highest BCUT2D eigenvalue weighted by atomic mass is 35.5. The van der Waals surface area contributed by atoms with Crippen LogP contribution in [0.5, 0.6) is 0 Å². The average Bonchev–Trinajstić information content (AvgIpc) is 2.97. The van der Waals surface area contributed by atoms with E-state index in [0.717, 1.165) is 37.1 Å². The van der Waals surface area contributed by atoms with Gasteiger partial charge in [-0.25, -0.2) is 9.48 Å². The zero-order chi connectivity index (χ0) is 18.5. The van der Waals surface area contributed by atoms with Gasteiger partial charge in [-0.2, -0.15) is 5.10 Å². The van der Waals surface area contributed by atoms with E-state index in [2.05, 4.69) is 10.4 Å². The second-order valence-corrected chi connectivity index (χ2v) is 7.17. The van der Waals surface area contributed by atoms with Gasteiger partial charge in [0.15, 0.2) is 0 Å². The number of rotatable bonds is 5. The third-order valence-electron chi connectivity index (χ3n) is 4.73. The van der Waals surface area contributed by atoms with Gasteiger partial charge in [0, 0.05) is 36.7 Å². The van der Waals surface area contributed by atoms with E-state index >= 15 is 0 Å². The second kappa shape index (κ2) is 8.56. The maximum atomic E-state index is 12.7. The third kappa shape index (κ3) is 4.37. The van der Waals surface area contributed by atoms with Gasteiger partial charge in [0.25, 0.3) is 0 Å². The van der Waals surface area contributed by atoms with Crippen molar-refractivity contribution in [2.45, 2.75) is 26.3 Å². The SMILES string of the molecule is COC[C@@H]1CCCN(C(=O)Nc2c(C)cnn2Cc2ccccc2Cl)C1. The molecule has 1 aliphatic rings. The highest BCUT2D eigenvalue weighted by molar-refractivity contribution is 6.31. The summed E-state index contributed by atoms with van der Waals surface area (Å²) in [6.45, 7) is 4.62. The molecule has 1 aromatic heterocycles. The number of aryl methyl sites for hydroxylation is 1. The van der Waals surface area contributed by atoms with Crippen molar-refractivity contribution >= 4 is 23.4 Å². The topological polar surface area (TPSA) is 59.4 Å². The van der Waals surface area contributed by atoms with Gasteiger partial charge in [-0.05, 0) is 31.4 Å². The highest BCUT2D eigenvalue weighted by Crippen LogP contribution is 2.22. The minimum Gasteiger partial charge on any atom is -0.384 e. The molecular formula is C19H25ClN4O2. The van der Waals surface area contributed by atoms with E-state index in [1.54, 1.807) is 18.0 Å². The third-order valence-corrected chi connectivity index (χ3v) is 5.10. The lowest BCUT2D eigenvalue weighted by Gasteiger charge is -2.32. The molecule has 0 saturated carbocycles. The number of aromatic nitrogens is 2. The Morgan fingerprint density at radius 3 is 3.00 bits per heavy atom. The molecule has 26 heavy (non-hydrogen) atoms. The number of nitrogens with zero attached hydrogens (tertiary/aromatic N) is 3. The molecule has 1 aliphatic heterocycles. The van der Waals surface area contributed by atoms with Crippen LogP contribution in [0, 0.1) is 12.8 Å². The number of carbonyl (C=O) groups is 1. The molecule has 0 spiro atoms. The van der Waals surface area contributed by atoms with Crippen molar-refractivity contribution in [1.29, 1.82) is 0 Å². The normalized spacial score (nSPS) is 17.3. The van der Waals surface area contributed by atoms with E-state index in [1.165, 1.54) is 0 Å². The zero-order valence-electron chi connectivity index (χ0n) is 15.2. The molecule has 0 bridgehead atoms. The predicted molar refractivity (Wildman–Crippen MR) is 103 cm³/mol. The average molecular weight is 377 g/mol. The van der Waals surface area contributed by atoms with E-state index in [1.807, 2.05) is 36.1 Å². The molecule has 2 aromatic rings. The molecule has 140 valence electrons. The van der Waals surface area contributed by atoms with Crippen LogP contribution in [-0.4, -0.2) is 47.5 Å². The molecule has 0 radical (unpaired) electrons. The highest BCUT2D eigenvalue weighted by Gasteiger charge is 2.24. The fourth-order valence-electron chi connectivity index (χ4n) is 3.35. The van der Waals surface area contributed by atoms with Gasteiger partial charge in [0.2, 0.25) is 0 Å². The minimum absolute atomic E-state index is 0.0881. The fraction of sp³-hybridized carbons (Fsp3) is 0.474. The van der Waals surface area contributed by atoms with Crippen LogP contribution in [-0.2, 0) is 11.3 Å². The van der Waals surface area contributed by atoms with Crippen LogP contribution < -0.4 is 5.32 Å². The van der Waals surface area contributed by atoms with Crippen LogP contribution in [0.3, 0.4) is 0 Å². The van der Waals surface area contributed by atoms with Crippen molar-refractivity contribution in [3.63, 3.8) is 0 Å². The maximum Gasteiger partial charge on any atom is 0.323 e. The molecule has 7 heteroatoms. The van der Waals surface area contributed by atoms with Crippen molar-refractivity contribution in [2.24, 2.45) is 5.92 Å². The number of methoxy groups -OCH3 is 1. The quantitative estimate of drug-likeness (QED) is 0.863. The van der Waals surface area contributed by atoms with Crippen LogP contribution in [0.2, 0.25) is 5.02 Å². The number of carbonyl (C=O) groups excluding carboxylic acids is 1. The number of anilines is 1. The first-order chi connectivity index (χ1) is 12.6. The number of amides is 2. The number of ether oxygens (including phenoxy) is 1. The Bertz CT molecular complexity index is 760. The number of halogens is 1. The van der Waals surface area contributed by atoms with E-state index in [0.29, 0.717) is 29.9 Å². The van der Waals surface area contributed by atoms with E-state index in [-0.39, 0.29) is 6.03 Å². The number of piperidine rings is 1. The first kappa shape index (κ1) is 18.7. The van der Waals surface area contributed by atoms with E-state index < -0.39 is 0 Å². The van der Waals surface area contributed by atoms with Crippen molar-refractivity contribution < 1.29 is 9.53 Å². The number of likely N-dealkylation sites (tertiary alicyclic amines) is 1. The molecule has 1 N–H and O–H groups in total. The van der Waals surface area contributed by atoms with Crippen LogP contribution in [0.15, 0.2) is 30.5 Å². The second-order valence-electron chi connectivity index (χ2n) is 6.77. The monoisotopic (exact) mass is 376 g/mol. The lowest BCUT2D eigenvalue weighted by Crippen LogP contribution is -2.43. The summed E-state index contributed by atoms with van der Waals surface area (Å²) in [5, 5.41) is 8.13. The summed E-state index contributed by atoms with van der Waals surface area (Å²) in [6, 6.07) is 7.57. The molecule has 1 atom stereocenters. The van der Waals surface area contributed by atoms with Crippen LogP contribution in [0.4, 0.5) is 10.6 Å². The summed E-state index contributed by atoms with van der Waals surface area (Å²) in [4.78, 5) is 14.6. The van der Waals surface area contributed by atoms with Gasteiger partial charge in [0.1, 0.15) is 5.82 Å². The van der Waals surface area contributed by atoms with Crippen molar-refractivity contribution in [1.82, 2.24) is 14.7 Å². The van der Waals surface area contributed by atoms with Gasteiger partial charge in [-0.3, -0.25) is 5.32 Å². The van der Waals surface area contributed by atoms with Gasteiger partial charge in [-0.15, -0.1) is 0 Å². The van der Waals surface area contributed by atoms with E-state index in [9.17, 15) is 4.79 Å².